The molecule has 0 aliphatic carbocycles. The quantitative estimate of drug-likeness (QED) is 0.618. The summed E-state index contributed by atoms with van der Waals surface area (Å²) in [5.74, 6) is 0.902. The number of methoxy groups -OCH3 is 1. The standard InChI is InChI=1S/C11H15O/c1-11(2,3)9-6-5-7-10(8-9)12-4/h5,7-8H,1-4H3. The molecule has 0 spiro atoms. The second-order valence-corrected chi connectivity index (χ2v) is 3.89. The van der Waals surface area contributed by atoms with E-state index in [1.165, 1.54) is 5.56 Å². The van der Waals surface area contributed by atoms with Gasteiger partial charge in [-0.05, 0) is 29.2 Å². The predicted octanol–water partition coefficient (Wildman–Crippen LogP) is 2.79. The lowest BCUT2D eigenvalue weighted by Gasteiger charge is -2.18. The molecule has 0 aromatic heterocycles. The van der Waals surface area contributed by atoms with Gasteiger partial charge in [0, 0.05) is 0 Å². The van der Waals surface area contributed by atoms with E-state index in [4.69, 9.17) is 4.74 Å². The minimum atomic E-state index is 0.147. The normalized spacial score (nSPS) is 11.3. The van der Waals surface area contributed by atoms with Gasteiger partial charge >= 0.3 is 0 Å². The molecule has 0 N–H and O–H groups in total. The highest BCUT2D eigenvalue weighted by Gasteiger charge is 2.13. The van der Waals surface area contributed by atoms with Crippen molar-refractivity contribution in [1.29, 1.82) is 0 Å². The van der Waals surface area contributed by atoms with E-state index in [0.29, 0.717) is 0 Å². The molecule has 1 radical (unpaired) electrons. The second-order valence-electron chi connectivity index (χ2n) is 3.89. The summed E-state index contributed by atoms with van der Waals surface area (Å²) in [5, 5.41) is 0. The lowest BCUT2D eigenvalue weighted by molar-refractivity contribution is 0.412. The lowest BCUT2D eigenvalue weighted by Crippen LogP contribution is -2.10. The number of benzene rings is 1. The zero-order valence-corrected chi connectivity index (χ0v) is 8.14. The Morgan fingerprint density at radius 1 is 1.33 bits per heavy atom. The van der Waals surface area contributed by atoms with Crippen LogP contribution in [-0.2, 0) is 5.41 Å². The molecule has 0 saturated heterocycles. The fourth-order valence-electron chi connectivity index (χ4n) is 1.01. The Labute approximate surface area is 74.4 Å². The van der Waals surface area contributed by atoms with Gasteiger partial charge in [-0.1, -0.05) is 26.8 Å². The average Bonchev–Trinajstić information content (AvgIpc) is 2.03. The summed E-state index contributed by atoms with van der Waals surface area (Å²) >= 11 is 0. The highest BCUT2D eigenvalue weighted by molar-refractivity contribution is 5.31. The molecule has 0 aliphatic heterocycles. The SMILES string of the molecule is COc1cc[c]c(C(C)(C)C)c1. The maximum absolute atomic E-state index is 5.13. The van der Waals surface area contributed by atoms with Gasteiger partial charge in [0.05, 0.1) is 7.11 Å². The van der Waals surface area contributed by atoms with E-state index in [0.717, 1.165) is 5.75 Å². The van der Waals surface area contributed by atoms with E-state index < -0.39 is 0 Å². The first-order valence-electron chi connectivity index (χ1n) is 4.10. The zero-order chi connectivity index (χ0) is 9.19. The molecule has 65 valence electrons. The van der Waals surface area contributed by atoms with Crippen molar-refractivity contribution in [2.75, 3.05) is 7.11 Å². The van der Waals surface area contributed by atoms with Gasteiger partial charge in [-0.3, -0.25) is 0 Å². The third kappa shape index (κ3) is 2.00. The van der Waals surface area contributed by atoms with E-state index in [2.05, 4.69) is 26.8 Å². The molecule has 1 nitrogen and oxygen atoms in total. The van der Waals surface area contributed by atoms with Crippen LogP contribution in [0.2, 0.25) is 0 Å². The van der Waals surface area contributed by atoms with Crippen LogP contribution < -0.4 is 4.74 Å². The topological polar surface area (TPSA) is 9.23 Å². The molecule has 0 unspecified atom stereocenters. The van der Waals surface area contributed by atoms with E-state index in [-0.39, 0.29) is 5.41 Å². The van der Waals surface area contributed by atoms with Gasteiger partial charge in [0.15, 0.2) is 0 Å². The molecule has 1 heteroatoms. The molecule has 0 aliphatic rings. The van der Waals surface area contributed by atoms with Crippen LogP contribution in [0.1, 0.15) is 26.3 Å². The Balaban J connectivity index is 3.02. The van der Waals surface area contributed by atoms with Crippen molar-refractivity contribution in [2.24, 2.45) is 0 Å². The Bertz CT molecular complexity index is 258. The van der Waals surface area contributed by atoms with Crippen LogP contribution in [0.4, 0.5) is 0 Å². The zero-order valence-electron chi connectivity index (χ0n) is 8.14. The molecule has 0 bridgehead atoms. The molecule has 1 rings (SSSR count). The van der Waals surface area contributed by atoms with Crippen LogP contribution in [0.25, 0.3) is 0 Å². The maximum atomic E-state index is 5.13. The minimum Gasteiger partial charge on any atom is -0.497 e. The Morgan fingerprint density at radius 2 is 2.00 bits per heavy atom. The molecule has 1 aromatic carbocycles. The molecule has 0 amide bonds. The summed E-state index contributed by atoms with van der Waals surface area (Å²) in [6.45, 7) is 6.49. The van der Waals surface area contributed by atoms with Gasteiger partial charge < -0.3 is 4.74 Å². The van der Waals surface area contributed by atoms with E-state index >= 15 is 0 Å². The number of rotatable bonds is 1. The summed E-state index contributed by atoms with van der Waals surface area (Å²) in [7, 11) is 1.68. The monoisotopic (exact) mass is 163 g/mol. The third-order valence-corrected chi connectivity index (χ3v) is 1.82. The Morgan fingerprint density at radius 3 is 2.50 bits per heavy atom. The summed E-state index contributed by atoms with van der Waals surface area (Å²) in [6.07, 6.45) is 0. The van der Waals surface area contributed by atoms with Crippen molar-refractivity contribution >= 4 is 0 Å². The van der Waals surface area contributed by atoms with Crippen molar-refractivity contribution in [3.05, 3.63) is 29.8 Å². The van der Waals surface area contributed by atoms with Gasteiger partial charge in [0.1, 0.15) is 5.75 Å². The lowest BCUT2D eigenvalue weighted by atomic mass is 9.87. The van der Waals surface area contributed by atoms with Crippen LogP contribution in [0.5, 0.6) is 5.75 Å². The van der Waals surface area contributed by atoms with Gasteiger partial charge in [-0.15, -0.1) is 0 Å². The van der Waals surface area contributed by atoms with Crippen LogP contribution in [0.15, 0.2) is 18.2 Å². The number of hydrogen-bond acceptors (Lipinski definition) is 1. The largest absolute Gasteiger partial charge is 0.497 e. The number of hydrogen-bond donors (Lipinski definition) is 0. The Kier molecular flexibility index (Phi) is 2.41. The molecular formula is C11H15O. The average molecular weight is 163 g/mol. The highest BCUT2D eigenvalue weighted by Crippen LogP contribution is 2.24. The summed E-state index contributed by atoms with van der Waals surface area (Å²) < 4.78 is 5.13. The molecule has 1 aromatic rings. The van der Waals surface area contributed by atoms with Gasteiger partial charge in [0.2, 0.25) is 0 Å². The van der Waals surface area contributed by atoms with Crippen LogP contribution in [0.3, 0.4) is 0 Å². The van der Waals surface area contributed by atoms with Crippen LogP contribution in [0, 0.1) is 6.07 Å². The van der Waals surface area contributed by atoms with Crippen LogP contribution in [-0.4, -0.2) is 7.11 Å². The first-order chi connectivity index (χ1) is 5.54. The summed E-state index contributed by atoms with van der Waals surface area (Å²) in [5.41, 5.74) is 1.33. The second kappa shape index (κ2) is 3.18. The fraction of sp³-hybridized carbons (Fsp3) is 0.455. The molecule has 12 heavy (non-hydrogen) atoms. The van der Waals surface area contributed by atoms with Crippen molar-refractivity contribution in [3.63, 3.8) is 0 Å². The van der Waals surface area contributed by atoms with E-state index in [1.807, 2.05) is 18.2 Å². The minimum absolute atomic E-state index is 0.147. The van der Waals surface area contributed by atoms with Gasteiger partial charge in [-0.25, -0.2) is 0 Å². The first kappa shape index (κ1) is 9.11. The van der Waals surface area contributed by atoms with Crippen molar-refractivity contribution in [1.82, 2.24) is 0 Å². The third-order valence-electron chi connectivity index (χ3n) is 1.82. The highest BCUT2D eigenvalue weighted by atomic mass is 16.5. The molecular weight excluding hydrogens is 148 g/mol. The fourth-order valence-corrected chi connectivity index (χ4v) is 1.01. The summed E-state index contributed by atoms with van der Waals surface area (Å²) in [6, 6.07) is 9.04. The Hall–Kier alpha value is -0.980. The summed E-state index contributed by atoms with van der Waals surface area (Å²) in [4.78, 5) is 0. The van der Waals surface area contributed by atoms with E-state index in [1.54, 1.807) is 7.11 Å². The van der Waals surface area contributed by atoms with Crippen molar-refractivity contribution in [3.8, 4) is 5.75 Å². The molecule has 0 saturated carbocycles. The van der Waals surface area contributed by atoms with E-state index in [9.17, 15) is 0 Å². The molecule has 0 fully saturated rings. The predicted molar refractivity (Wildman–Crippen MR) is 50.5 cm³/mol. The van der Waals surface area contributed by atoms with Gasteiger partial charge in [0.25, 0.3) is 0 Å². The first-order valence-corrected chi connectivity index (χ1v) is 4.10. The molecule has 0 atom stereocenters. The maximum Gasteiger partial charge on any atom is 0.119 e. The smallest absolute Gasteiger partial charge is 0.119 e. The number of ether oxygens (including phenoxy) is 1. The van der Waals surface area contributed by atoms with Gasteiger partial charge in [-0.2, -0.15) is 0 Å². The van der Waals surface area contributed by atoms with Crippen molar-refractivity contribution < 1.29 is 4.74 Å². The van der Waals surface area contributed by atoms with Crippen molar-refractivity contribution in [2.45, 2.75) is 26.2 Å². The van der Waals surface area contributed by atoms with Crippen LogP contribution >= 0.6 is 0 Å². The molecule has 0 heterocycles.